The maximum Gasteiger partial charge on any atom is 0.273 e. The van der Waals surface area contributed by atoms with E-state index in [0.717, 1.165) is 25.7 Å². The van der Waals surface area contributed by atoms with Gasteiger partial charge < -0.3 is 15.3 Å². The van der Waals surface area contributed by atoms with Gasteiger partial charge in [-0.3, -0.25) is 0 Å². The largest absolute Gasteiger partial charge is 0.447 e. The second-order valence-electron chi connectivity index (χ2n) is 4.89. The molecule has 1 aliphatic rings. The average Bonchev–Trinajstić information content (AvgIpc) is 2.87. The third kappa shape index (κ3) is 3.56. The fourth-order valence-electron chi connectivity index (χ4n) is 2.33. The van der Waals surface area contributed by atoms with Crippen molar-refractivity contribution in [3.63, 3.8) is 0 Å². The molecular weight excluding hydrogens is 268 g/mol. The highest BCUT2D eigenvalue weighted by molar-refractivity contribution is 7.89. The van der Waals surface area contributed by atoms with Crippen molar-refractivity contribution in [2.45, 2.75) is 43.4 Å². The van der Waals surface area contributed by atoms with Gasteiger partial charge in [-0.25, -0.2) is 13.1 Å². The molecule has 1 saturated carbocycles. The lowest BCUT2D eigenvalue weighted by Crippen LogP contribution is -2.36. The molecule has 0 bridgehead atoms. The monoisotopic (exact) mass is 288 g/mol. The summed E-state index contributed by atoms with van der Waals surface area (Å²) in [7, 11) is -3.66. The molecule has 1 aromatic heterocycles. The lowest BCUT2D eigenvalue weighted by atomic mass is 9.87. The standard InChI is InChI=1S/C12H20N2O4S/c13-7-10-5-6-12(18-10)19(16,17)14-8-9-3-1-2-4-11(9)15/h5-6,9,11,14-15H,1-4,7-8,13H2. The van der Waals surface area contributed by atoms with Gasteiger partial charge in [0.05, 0.1) is 12.6 Å². The first kappa shape index (κ1) is 14.5. The summed E-state index contributed by atoms with van der Waals surface area (Å²) in [4.78, 5) is 0. The topological polar surface area (TPSA) is 106 Å². The maximum atomic E-state index is 12.0. The van der Waals surface area contributed by atoms with Crippen molar-refractivity contribution in [2.75, 3.05) is 6.54 Å². The summed E-state index contributed by atoms with van der Waals surface area (Å²) in [5.41, 5.74) is 5.37. The molecule has 19 heavy (non-hydrogen) atoms. The van der Waals surface area contributed by atoms with E-state index >= 15 is 0 Å². The second-order valence-corrected chi connectivity index (χ2v) is 6.59. The summed E-state index contributed by atoms with van der Waals surface area (Å²) >= 11 is 0. The summed E-state index contributed by atoms with van der Waals surface area (Å²) in [6.45, 7) is 0.402. The number of sulfonamides is 1. The number of rotatable bonds is 5. The molecule has 7 heteroatoms. The van der Waals surface area contributed by atoms with Crippen molar-refractivity contribution in [1.29, 1.82) is 0 Å². The molecule has 6 nitrogen and oxygen atoms in total. The molecule has 0 spiro atoms. The summed E-state index contributed by atoms with van der Waals surface area (Å²) in [5.74, 6) is 0.408. The molecule has 2 atom stereocenters. The van der Waals surface area contributed by atoms with Gasteiger partial charge in [0.2, 0.25) is 5.09 Å². The van der Waals surface area contributed by atoms with E-state index in [0.29, 0.717) is 5.76 Å². The molecule has 2 rings (SSSR count). The number of nitrogens with two attached hydrogens (primary N) is 1. The minimum Gasteiger partial charge on any atom is -0.447 e. The van der Waals surface area contributed by atoms with Crippen LogP contribution in [0, 0.1) is 5.92 Å². The predicted molar refractivity (Wildman–Crippen MR) is 69.8 cm³/mol. The highest BCUT2D eigenvalue weighted by Crippen LogP contribution is 2.24. The zero-order chi connectivity index (χ0) is 13.9. The van der Waals surface area contributed by atoms with E-state index in [4.69, 9.17) is 10.2 Å². The van der Waals surface area contributed by atoms with E-state index in [1.807, 2.05) is 0 Å². The average molecular weight is 288 g/mol. The van der Waals surface area contributed by atoms with Crippen LogP contribution >= 0.6 is 0 Å². The molecule has 0 aliphatic heterocycles. The van der Waals surface area contributed by atoms with Crippen molar-refractivity contribution in [3.05, 3.63) is 17.9 Å². The fourth-order valence-corrected chi connectivity index (χ4v) is 3.37. The first-order valence-corrected chi connectivity index (χ1v) is 7.98. The van der Waals surface area contributed by atoms with Crippen LogP contribution in [0.5, 0.6) is 0 Å². The van der Waals surface area contributed by atoms with Gasteiger partial charge in [-0.05, 0) is 30.9 Å². The zero-order valence-corrected chi connectivity index (χ0v) is 11.5. The smallest absolute Gasteiger partial charge is 0.273 e. The van der Waals surface area contributed by atoms with Crippen molar-refractivity contribution in [1.82, 2.24) is 4.72 Å². The quantitative estimate of drug-likeness (QED) is 0.734. The Bertz CT molecular complexity index is 512. The second kappa shape index (κ2) is 6.04. The SMILES string of the molecule is NCc1ccc(S(=O)(=O)NCC2CCCCC2O)o1. The zero-order valence-electron chi connectivity index (χ0n) is 10.7. The lowest BCUT2D eigenvalue weighted by molar-refractivity contribution is 0.0724. The van der Waals surface area contributed by atoms with Crippen LogP contribution in [0.25, 0.3) is 0 Å². The Balaban J connectivity index is 1.97. The number of hydrogen-bond donors (Lipinski definition) is 3. The van der Waals surface area contributed by atoms with Gasteiger partial charge >= 0.3 is 0 Å². The molecule has 2 unspecified atom stereocenters. The molecule has 1 aromatic rings. The van der Waals surface area contributed by atoms with Crippen LogP contribution in [0.1, 0.15) is 31.4 Å². The van der Waals surface area contributed by atoms with Crippen molar-refractivity contribution >= 4 is 10.0 Å². The van der Waals surface area contributed by atoms with E-state index in [1.54, 1.807) is 6.07 Å². The molecule has 1 aliphatic carbocycles. The molecular formula is C12H20N2O4S. The molecule has 4 N–H and O–H groups in total. The van der Waals surface area contributed by atoms with E-state index in [1.165, 1.54) is 6.07 Å². The molecule has 0 saturated heterocycles. The van der Waals surface area contributed by atoms with Crippen LogP contribution in [-0.2, 0) is 16.6 Å². The normalized spacial score (nSPS) is 24.5. The third-order valence-electron chi connectivity index (χ3n) is 3.51. The Morgan fingerprint density at radius 2 is 2.11 bits per heavy atom. The van der Waals surface area contributed by atoms with Crippen molar-refractivity contribution in [2.24, 2.45) is 11.7 Å². The number of aliphatic hydroxyl groups is 1. The number of nitrogens with one attached hydrogen (secondary N) is 1. The Kier molecular flexibility index (Phi) is 4.62. The number of aliphatic hydroxyl groups excluding tert-OH is 1. The van der Waals surface area contributed by atoms with Crippen molar-refractivity contribution < 1.29 is 17.9 Å². The van der Waals surface area contributed by atoms with Gasteiger partial charge in [0.25, 0.3) is 10.0 Å². The van der Waals surface area contributed by atoms with Gasteiger partial charge in [-0.1, -0.05) is 12.8 Å². The number of furan rings is 1. The Hall–Kier alpha value is -0.890. The highest BCUT2D eigenvalue weighted by Gasteiger charge is 2.26. The van der Waals surface area contributed by atoms with Gasteiger partial charge in [0.15, 0.2) is 0 Å². The van der Waals surface area contributed by atoms with E-state index in [9.17, 15) is 13.5 Å². The summed E-state index contributed by atoms with van der Waals surface area (Å²) in [6, 6.07) is 2.94. The first-order chi connectivity index (χ1) is 9.03. The molecule has 0 radical (unpaired) electrons. The van der Waals surface area contributed by atoms with Crippen LogP contribution in [0.3, 0.4) is 0 Å². The predicted octanol–water partition coefficient (Wildman–Crippen LogP) is 0.568. The van der Waals surface area contributed by atoms with Crippen LogP contribution in [0.2, 0.25) is 0 Å². The van der Waals surface area contributed by atoms with Gasteiger partial charge in [-0.15, -0.1) is 0 Å². The van der Waals surface area contributed by atoms with Crippen LogP contribution in [0.15, 0.2) is 21.6 Å². The van der Waals surface area contributed by atoms with Crippen molar-refractivity contribution in [3.8, 4) is 0 Å². The molecule has 0 aromatic carbocycles. The van der Waals surface area contributed by atoms with Crippen LogP contribution in [-0.4, -0.2) is 26.2 Å². The Labute approximate surface area is 113 Å². The molecule has 108 valence electrons. The van der Waals surface area contributed by atoms with Crippen LogP contribution < -0.4 is 10.5 Å². The minimum absolute atomic E-state index is 0.0209. The van der Waals surface area contributed by atoms with Gasteiger partial charge in [-0.2, -0.15) is 0 Å². The fraction of sp³-hybridized carbons (Fsp3) is 0.667. The molecule has 0 amide bonds. The van der Waals surface area contributed by atoms with Gasteiger partial charge in [0.1, 0.15) is 5.76 Å². The lowest BCUT2D eigenvalue weighted by Gasteiger charge is -2.27. The molecule has 1 fully saturated rings. The van der Waals surface area contributed by atoms with Crippen LogP contribution in [0.4, 0.5) is 0 Å². The maximum absolute atomic E-state index is 12.0. The molecule has 1 heterocycles. The summed E-state index contributed by atoms with van der Waals surface area (Å²) in [6.07, 6.45) is 3.19. The van der Waals surface area contributed by atoms with E-state index in [-0.39, 0.29) is 24.1 Å². The highest BCUT2D eigenvalue weighted by atomic mass is 32.2. The van der Waals surface area contributed by atoms with E-state index in [2.05, 4.69) is 4.72 Å². The van der Waals surface area contributed by atoms with Gasteiger partial charge in [0, 0.05) is 6.54 Å². The Morgan fingerprint density at radius 1 is 1.37 bits per heavy atom. The minimum atomic E-state index is -3.66. The Morgan fingerprint density at radius 3 is 2.74 bits per heavy atom. The first-order valence-electron chi connectivity index (χ1n) is 6.49. The van der Waals surface area contributed by atoms with E-state index < -0.39 is 16.1 Å². The number of hydrogen-bond acceptors (Lipinski definition) is 5. The summed E-state index contributed by atoms with van der Waals surface area (Å²) in [5, 5.41) is 9.68. The summed E-state index contributed by atoms with van der Waals surface area (Å²) < 4.78 is 31.6. The third-order valence-corrected chi connectivity index (χ3v) is 4.80.